The van der Waals surface area contributed by atoms with Gasteiger partial charge in [0, 0.05) is 21.6 Å². The Kier molecular flexibility index (Phi) is 5.10. The second kappa shape index (κ2) is 7.24. The van der Waals surface area contributed by atoms with E-state index in [9.17, 15) is 0 Å². The monoisotopic (exact) mass is 301 g/mol. The Morgan fingerprint density at radius 1 is 0.750 bits per heavy atom. The molecule has 0 radical (unpaired) electrons. The molecule has 0 saturated heterocycles. The third-order valence-electron chi connectivity index (χ3n) is 3.72. The van der Waals surface area contributed by atoms with Crippen molar-refractivity contribution in [3.05, 3.63) is 54.6 Å². The van der Waals surface area contributed by atoms with Crippen LogP contribution in [0.15, 0.2) is 69.3 Å². The Balaban J connectivity index is 1.59. The summed E-state index contributed by atoms with van der Waals surface area (Å²) in [4.78, 5) is 4.12. The molecule has 1 aliphatic carbocycles. The lowest BCUT2D eigenvalue weighted by Crippen LogP contribution is -2.14. The maximum atomic E-state index is 2.31. The first kappa shape index (κ1) is 14.1. The SMILES string of the molecule is c1ccc(Sc2ccc([SH+]C3CCCCC3)cc2)cc1. The first-order chi connectivity index (χ1) is 9.90. The number of benzene rings is 2. The minimum atomic E-state index is 0.899. The van der Waals surface area contributed by atoms with Crippen LogP contribution < -0.4 is 0 Å². The van der Waals surface area contributed by atoms with E-state index in [1.165, 1.54) is 58.6 Å². The van der Waals surface area contributed by atoms with Crippen molar-refractivity contribution in [2.24, 2.45) is 0 Å². The average molecular weight is 301 g/mol. The van der Waals surface area contributed by atoms with Gasteiger partial charge in [-0.15, -0.1) is 0 Å². The van der Waals surface area contributed by atoms with Gasteiger partial charge in [0.15, 0.2) is 4.90 Å². The zero-order chi connectivity index (χ0) is 13.6. The highest BCUT2D eigenvalue weighted by Gasteiger charge is 2.21. The minimum Gasteiger partial charge on any atom is -0.0901 e. The van der Waals surface area contributed by atoms with Crippen LogP contribution in [0, 0.1) is 0 Å². The summed E-state index contributed by atoms with van der Waals surface area (Å²) in [6.07, 6.45) is 7.14. The van der Waals surface area contributed by atoms with E-state index in [4.69, 9.17) is 0 Å². The van der Waals surface area contributed by atoms with Gasteiger partial charge in [0.2, 0.25) is 0 Å². The summed E-state index contributed by atoms with van der Waals surface area (Å²) in [5.74, 6) is 0. The molecule has 0 nitrogen and oxygen atoms in total. The van der Waals surface area contributed by atoms with Crippen LogP contribution >= 0.6 is 11.8 Å². The van der Waals surface area contributed by atoms with Gasteiger partial charge in [0.25, 0.3) is 0 Å². The minimum absolute atomic E-state index is 0.899. The van der Waals surface area contributed by atoms with Crippen LogP contribution in [-0.2, 0) is 11.8 Å². The lowest BCUT2D eigenvalue weighted by Gasteiger charge is -2.14. The quantitative estimate of drug-likeness (QED) is 0.542. The van der Waals surface area contributed by atoms with Crippen LogP contribution in [0.1, 0.15) is 32.1 Å². The predicted octanol–water partition coefficient (Wildman–Crippen LogP) is 5.34. The van der Waals surface area contributed by atoms with E-state index in [1.54, 1.807) is 0 Å². The first-order valence-corrected chi connectivity index (χ1v) is 9.22. The van der Waals surface area contributed by atoms with Crippen LogP contribution in [0.3, 0.4) is 0 Å². The second-order valence-corrected chi connectivity index (χ2v) is 7.98. The molecule has 0 atom stereocenters. The molecule has 0 heterocycles. The predicted molar refractivity (Wildman–Crippen MR) is 90.9 cm³/mol. The third-order valence-corrected chi connectivity index (χ3v) is 6.22. The zero-order valence-corrected chi connectivity index (χ0v) is 13.4. The maximum absolute atomic E-state index is 2.31. The second-order valence-electron chi connectivity index (χ2n) is 5.33. The van der Waals surface area contributed by atoms with Crippen molar-refractivity contribution < 1.29 is 0 Å². The van der Waals surface area contributed by atoms with Gasteiger partial charge in [0.1, 0.15) is 5.25 Å². The summed E-state index contributed by atoms with van der Waals surface area (Å²) in [5, 5.41) is 0.899. The highest BCUT2D eigenvalue weighted by atomic mass is 32.2. The van der Waals surface area contributed by atoms with Crippen molar-refractivity contribution in [2.45, 2.75) is 52.0 Å². The molecule has 0 bridgehead atoms. The van der Waals surface area contributed by atoms with Gasteiger partial charge >= 0.3 is 0 Å². The van der Waals surface area contributed by atoms with Gasteiger partial charge in [-0.05, 0) is 62.1 Å². The lowest BCUT2D eigenvalue weighted by molar-refractivity contribution is 0.515. The molecule has 1 fully saturated rings. The molecule has 0 aromatic heterocycles. The van der Waals surface area contributed by atoms with E-state index in [2.05, 4.69) is 54.6 Å². The highest BCUT2D eigenvalue weighted by molar-refractivity contribution is 7.99. The highest BCUT2D eigenvalue weighted by Crippen LogP contribution is 2.29. The van der Waals surface area contributed by atoms with E-state index in [0.717, 1.165) is 5.25 Å². The van der Waals surface area contributed by atoms with E-state index < -0.39 is 0 Å². The molecule has 0 amide bonds. The van der Waals surface area contributed by atoms with Gasteiger partial charge in [-0.2, -0.15) is 0 Å². The summed E-state index contributed by atoms with van der Waals surface area (Å²) in [6, 6.07) is 19.7. The van der Waals surface area contributed by atoms with E-state index in [1.807, 2.05) is 11.8 Å². The molecule has 0 spiro atoms. The number of thiol groups is 1. The van der Waals surface area contributed by atoms with Crippen molar-refractivity contribution in [3.8, 4) is 0 Å². The molecule has 2 heteroatoms. The molecule has 20 heavy (non-hydrogen) atoms. The van der Waals surface area contributed by atoms with Crippen molar-refractivity contribution in [2.75, 3.05) is 0 Å². The fourth-order valence-electron chi connectivity index (χ4n) is 2.65. The van der Waals surface area contributed by atoms with E-state index >= 15 is 0 Å². The van der Waals surface area contributed by atoms with Crippen LogP contribution in [0.5, 0.6) is 0 Å². The van der Waals surface area contributed by atoms with Crippen LogP contribution in [0.4, 0.5) is 0 Å². The van der Waals surface area contributed by atoms with Gasteiger partial charge in [0.05, 0.1) is 0 Å². The maximum Gasteiger partial charge on any atom is 0.152 e. The molecular weight excluding hydrogens is 280 g/mol. The Labute approximate surface area is 130 Å². The first-order valence-electron chi connectivity index (χ1n) is 7.44. The summed E-state index contributed by atoms with van der Waals surface area (Å²) >= 11 is 3.38. The van der Waals surface area contributed by atoms with Crippen molar-refractivity contribution in [1.29, 1.82) is 0 Å². The standard InChI is InChI=1S/C18H20S2/c1-3-7-15(8-4-1)19-17-11-13-18(14-12-17)20-16-9-5-2-6-10-16/h1,3-4,7-8,11-14,16H,2,5-6,9-10H2/p+1. The van der Waals surface area contributed by atoms with Gasteiger partial charge < -0.3 is 0 Å². The molecule has 2 aromatic carbocycles. The molecule has 1 saturated carbocycles. The largest absolute Gasteiger partial charge is 0.152 e. The fraction of sp³-hybridized carbons (Fsp3) is 0.333. The van der Waals surface area contributed by atoms with Gasteiger partial charge in [-0.1, -0.05) is 36.4 Å². The summed E-state index contributed by atoms with van der Waals surface area (Å²) < 4.78 is 0. The smallest absolute Gasteiger partial charge is 0.0901 e. The Hall–Kier alpha value is -0.860. The van der Waals surface area contributed by atoms with E-state index in [-0.39, 0.29) is 0 Å². The Morgan fingerprint density at radius 3 is 2.10 bits per heavy atom. The molecule has 104 valence electrons. The Morgan fingerprint density at radius 2 is 1.40 bits per heavy atom. The molecule has 0 aliphatic heterocycles. The molecule has 3 rings (SSSR count). The van der Waals surface area contributed by atoms with Gasteiger partial charge in [-0.25, -0.2) is 0 Å². The zero-order valence-electron chi connectivity index (χ0n) is 11.7. The Bertz CT molecular complexity index is 513. The van der Waals surface area contributed by atoms with E-state index in [0.29, 0.717) is 0 Å². The summed E-state index contributed by atoms with van der Waals surface area (Å²) in [7, 11) is 0. The molecule has 0 N–H and O–H groups in total. The van der Waals surface area contributed by atoms with Crippen molar-refractivity contribution in [3.63, 3.8) is 0 Å². The number of hydrogen-bond donors (Lipinski definition) is 0. The molecular formula is C18H21S2+. The van der Waals surface area contributed by atoms with Crippen LogP contribution in [-0.4, -0.2) is 5.25 Å². The number of hydrogen-bond acceptors (Lipinski definition) is 1. The van der Waals surface area contributed by atoms with Crippen molar-refractivity contribution >= 4 is 23.5 Å². The van der Waals surface area contributed by atoms with Crippen molar-refractivity contribution in [1.82, 2.24) is 0 Å². The normalized spacial score (nSPS) is 16.2. The summed E-state index contributed by atoms with van der Waals surface area (Å²) in [6.45, 7) is 0. The third kappa shape index (κ3) is 4.07. The topological polar surface area (TPSA) is 0 Å². The summed E-state index contributed by atoms with van der Waals surface area (Å²) in [5.41, 5.74) is 0. The van der Waals surface area contributed by atoms with Crippen LogP contribution in [0.25, 0.3) is 0 Å². The molecule has 0 unspecified atom stereocenters. The average Bonchev–Trinajstić information content (AvgIpc) is 2.51. The number of rotatable bonds is 4. The van der Waals surface area contributed by atoms with Crippen LogP contribution in [0.2, 0.25) is 0 Å². The molecule has 1 aliphatic rings. The van der Waals surface area contributed by atoms with Gasteiger partial charge in [-0.3, -0.25) is 0 Å². The fourth-order valence-corrected chi connectivity index (χ4v) is 4.85. The lowest BCUT2D eigenvalue weighted by atomic mass is 10.0. The molecule has 2 aromatic rings.